The Bertz CT molecular complexity index is 1310. The molecule has 1 saturated heterocycles. The fourth-order valence-corrected chi connectivity index (χ4v) is 4.16. The minimum atomic E-state index is 0.105. The van der Waals surface area contributed by atoms with Gasteiger partial charge < -0.3 is 25.4 Å². The van der Waals surface area contributed by atoms with Crippen molar-refractivity contribution in [3.05, 3.63) is 53.9 Å². The highest BCUT2D eigenvalue weighted by Gasteiger charge is 2.23. The van der Waals surface area contributed by atoms with E-state index in [1.807, 2.05) is 24.4 Å². The number of pyridine rings is 1. The number of rotatable bonds is 6. The van der Waals surface area contributed by atoms with Crippen LogP contribution >= 0.6 is 11.6 Å². The van der Waals surface area contributed by atoms with Crippen LogP contribution in [0.3, 0.4) is 0 Å². The van der Waals surface area contributed by atoms with Crippen LogP contribution < -0.4 is 20.5 Å². The van der Waals surface area contributed by atoms with Crippen molar-refractivity contribution in [1.29, 1.82) is 0 Å². The van der Waals surface area contributed by atoms with Crippen molar-refractivity contribution in [3.63, 3.8) is 0 Å². The number of nitrogens with zero attached hydrogens (tertiary/aromatic N) is 5. The van der Waals surface area contributed by atoms with E-state index >= 15 is 0 Å². The SMILES string of the molecule is COc1cc(OC2CCN(C)C2)c(N)cc1Nc1ncc(Cl)c(-c2cnn3ccccc23)n1. The van der Waals surface area contributed by atoms with E-state index in [1.54, 1.807) is 36.2 Å². The Morgan fingerprint density at radius 2 is 2.09 bits per heavy atom. The molecule has 3 N–H and O–H groups in total. The molecule has 10 heteroatoms. The fourth-order valence-electron chi connectivity index (χ4n) is 3.97. The van der Waals surface area contributed by atoms with E-state index in [9.17, 15) is 0 Å². The second kappa shape index (κ2) is 8.76. The molecule has 5 rings (SSSR count). The third-order valence-electron chi connectivity index (χ3n) is 5.65. The fraction of sp³-hybridized carbons (Fsp3) is 0.261. The smallest absolute Gasteiger partial charge is 0.227 e. The van der Waals surface area contributed by atoms with Gasteiger partial charge in [-0.05, 0) is 31.7 Å². The van der Waals surface area contributed by atoms with Crippen molar-refractivity contribution >= 4 is 34.4 Å². The Morgan fingerprint density at radius 3 is 2.88 bits per heavy atom. The summed E-state index contributed by atoms with van der Waals surface area (Å²) in [6, 6.07) is 9.36. The molecule has 4 heterocycles. The number of aromatic nitrogens is 4. The average Bonchev–Trinajstić information content (AvgIpc) is 3.43. The minimum absolute atomic E-state index is 0.105. The van der Waals surface area contributed by atoms with Crippen molar-refractivity contribution in [2.75, 3.05) is 38.3 Å². The molecule has 1 atom stereocenters. The number of hydrogen-bond acceptors (Lipinski definition) is 8. The largest absolute Gasteiger partial charge is 0.494 e. The molecule has 4 aromatic rings. The van der Waals surface area contributed by atoms with Gasteiger partial charge in [0.05, 0.1) is 47.1 Å². The molecule has 1 fully saturated rings. The monoisotopic (exact) mass is 465 g/mol. The number of likely N-dealkylation sites (N-methyl/N-ethyl adjacent to an activating group) is 1. The summed E-state index contributed by atoms with van der Waals surface area (Å²) in [4.78, 5) is 11.2. The molecule has 0 amide bonds. The molecule has 1 aliphatic rings. The topological polar surface area (TPSA) is 103 Å². The number of ether oxygens (including phenoxy) is 2. The number of methoxy groups -OCH3 is 1. The molecule has 33 heavy (non-hydrogen) atoms. The second-order valence-electron chi connectivity index (χ2n) is 7.98. The Kier molecular flexibility index (Phi) is 5.65. The first-order valence-electron chi connectivity index (χ1n) is 10.6. The van der Waals surface area contributed by atoms with Gasteiger partial charge in [0.2, 0.25) is 5.95 Å². The van der Waals surface area contributed by atoms with E-state index in [4.69, 9.17) is 26.8 Å². The zero-order valence-electron chi connectivity index (χ0n) is 18.3. The summed E-state index contributed by atoms with van der Waals surface area (Å²) in [5, 5.41) is 7.99. The van der Waals surface area contributed by atoms with E-state index in [2.05, 4.69) is 32.3 Å². The van der Waals surface area contributed by atoms with E-state index in [1.165, 1.54) is 0 Å². The lowest BCUT2D eigenvalue weighted by Crippen LogP contribution is -2.21. The molecule has 170 valence electrons. The first-order valence-corrected chi connectivity index (χ1v) is 10.9. The highest BCUT2D eigenvalue weighted by atomic mass is 35.5. The van der Waals surface area contributed by atoms with E-state index < -0.39 is 0 Å². The first-order chi connectivity index (χ1) is 16.0. The number of nitrogens with two attached hydrogens (primary N) is 1. The predicted molar refractivity (Wildman–Crippen MR) is 128 cm³/mol. The van der Waals surface area contributed by atoms with Crippen LogP contribution in [0.15, 0.2) is 48.9 Å². The zero-order chi connectivity index (χ0) is 22.9. The third-order valence-corrected chi connectivity index (χ3v) is 5.92. The Balaban J connectivity index is 1.44. The summed E-state index contributed by atoms with van der Waals surface area (Å²) < 4.78 is 13.5. The summed E-state index contributed by atoms with van der Waals surface area (Å²) in [5.41, 5.74) is 9.70. The molecule has 1 unspecified atom stereocenters. The molecule has 0 aliphatic carbocycles. The van der Waals surface area contributed by atoms with Gasteiger partial charge >= 0.3 is 0 Å². The van der Waals surface area contributed by atoms with Gasteiger partial charge in [-0.25, -0.2) is 14.5 Å². The predicted octanol–water partition coefficient (Wildman–Crippen LogP) is 3.86. The lowest BCUT2D eigenvalue weighted by molar-refractivity contribution is 0.208. The average molecular weight is 466 g/mol. The number of likely N-dealkylation sites (tertiary alicyclic amines) is 1. The van der Waals surface area contributed by atoms with Crippen LogP contribution in [0.1, 0.15) is 6.42 Å². The van der Waals surface area contributed by atoms with Crippen LogP contribution in [-0.4, -0.2) is 57.8 Å². The zero-order valence-corrected chi connectivity index (χ0v) is 19.1. The first kappa shape index (κ1) is 21.3. The Morgan fingerprint density at radius 1 is 1.21 bits per heavy atom. The highest BCUT2D eigenvalue weighted by molar-refractivity contribution is 6.33. The summed E-state index contributed by atoms with van der Waals surface area (Å²) in [6.45, 7) is 1.87. The van der Waals surface area contributed by atoms with Gasteiger partial charge in [-0.15, -0.1) is 0 Å². The summed E-state index contributed by atoms with van der Waals surface area (Å²) in [7, 11) is 3.67. The lowest BCUT2D eigenvalue weighted by atomic mass is 10.2. The van der Waals surface area contributed by atoms with Crippen LogP contribution in [0.2, 0.25) is 5.02 Å². The van der Waals surface area contributed by atoms with Gasteiger partial charge in [0.1, 0.15) is 17.6 Å². The van der Waals surface area contributed by atoms with E-state index in [0.717, 1.165) is 30.6 Å². The Hall–Kier alpha value is -3.56. The number of benzene rings is 1. The number of fused-ring (bicyclic) bond motifs is 1. The van der Waals surface area contributed by atoms with Crippen molar-refractivity contribution in [2.45, 2.75) is 12.5 Å². The highest BCUT2D eigenvalue weighted by Crippen LogP contribution is 2.37. The molecule has 0 spiro atoms. The summed E-state index contributed by atoms with van der Waals surface area (Å²) in [6.07, 6.45) is 6.23. The second-order valence-corrected chi connectivity index (χ2v) is 8.39. The number of anilines is 3. The van der Waals surface area contributed by atoms with E-state index in [0.29, 0.717) is 39.5 Å². The molecule has 0 bridgehead atoms. The summed E-state index contributed by atoms with van der Waals surface area (Å²) in [5.74, 6) is 1.52. The number of nitrogens with one attached hydrogen (secondary N) is 1. The van der Waals surface area contributed by atoms with Gasteiger partial charge in [-0.3, -0.25) is 0 Å². The molecular weight excluding hydrogens is 442 g/mol. The van der Waals surface area contributed by atoms with Crippen LogP contribution in [0.5, 0.6) is 11.5 Å². The van der Waals surface area contributed by atoms with Crippen molar-refractivity contribution in [2.24, 2.45) is 0 Å². The normalized spacial score (nSPS) is 16.3. The number of hydrogen-bond donors (Lipinski definition) is 2. The van der Waals surface area contributed by atoms with Gasteiger partial charge in [-0.1, -0.05) is 17.7 Å². The van der Waals surface area contributed by atoms with Crippen molar-refractivity contribution in [1.82, 2.24) is 24.5 Å². The molecular formula is C23H24ClN7O2. The van der Waals surface area contributed by atoms with Gasteiger partial charge in [0.25, 0.3) is 0 Å². The van der Waals surface area contributed by atoms with Crippen LogP contribution in [0.25, 0.3) is 16.8 Å². The van der Waals surface area contributed by atoms with Gasteiger partial charge in [0, 0.05) is 30.9 Å². The van der Waals surface area contributed by atoms with Gasteiger partial charge in [0.15, 0.2) is 0 Å². The molecule has 3 aromatic heterocycles. The molecule has 0 radical (unpaired) electrons. The minimum Gasteiger partial charge on any atom is -0.494 e. The van der Waals surface area contributed by atoms with Crippen LogP contribution in [-0.2, 0) is 0 Å². The molecule has 1 aromatic carbocycles. The van der Waals surface area contributed by atoms with Crippen molar-refractivity contribution < 1.29 is 9.47 Å². The molecule has 1 aliphatic heterocycles. The van der Waals surface area contributed by atoms with Crippen molar-refractivity contribution in [3.8, 4) is 22.8 Å². The van der Waals surface area contributed by atoms with Crippen LogP contribution in [0, 0.1) is 0 Å². The maximum absolute atomic E-state index is 6.43. The van der Waals surface area contributed by atoms with Gasteiger partial charge in [-0.2, -0.15) is 5.10 Å². The Labute approximate surface area is 196 Å². The lowest BCUT2D eigenvalue weighted by Gasteiger charge is -2.18. The molecule has 9 nitrogen and oxygen atoms in total. The van der Waals surface area contributed by atoms with E-state index in [-0.39, 0.29) is 6.10 Å². The maximum Gasteiger partial charge on any atom is 0.227 e. The quantitative estimate of drug-likeness (QED) is 0.414. The number of nitrogen functional groups attached to an aromatic ring is 1. The summed E-state index contributed by atoms with van der Waals surface area (Å²) >= 11 is 6.43. The molecule has 0 saturated carbocycles. The maximum atomic E-state index is 6.43. The number of halogens is 1. The third kappa shape index (κ3) is 4.24. The van der Waals surface area contributed by atoms with Crippen LogP contribution in [0.4, 0.5) is 17.3 Å². The standard InChI is InChI=1S/C23H24ClN7O2/c1-30-8-6-14(13-30)33-20-10-21(32-2)18(9-17(20)25)28-23-26-12-16(24)22(29-23)15-11-27-31-7-4-3-5-19(15)31/h3-5,7,9-12,14H,6,8,13,25H2,1-2H3,(H,26,28,29).